The van der Waals surface area contributed by atoms with E-state index in [9.17, 15) is 22.4 Å². The number of hydrogen-bond acceptors (Lipinski definition) is 2. The predicted molar refractivity (Wildman–Crippen MR) is 34.5 cm³/mol. The summed E-state index contributed by atoms with van der Waals surface area (Å²) in [5.41, 5.74) is 4.57. The molecular formula is C5H8F4N2O2. The highest BCUT2D eigenvalue weighted by Crippen LogP contribution is 2.23. The number of amides is 2. The molecule has 0 saturated heterocycles. The van der Waals surface area contributed by atoms with Crippen molar-refractivity contribution in [3.63, 3.8) is 0 Å². The van der Waals surface area contributed by atoms with Gasteiger partial charge in [-0.2, -0.15) is 13.2 Å². The Bertz CT molecular complexity index is 172. The molecule has 13 heavy (non-hydrogen) atoms. The van der Waals surface area contributed by atoms with Gasteiger partial charge in [0.05, 0.1) is 6.61 Å². The van der Waals surface area contributed by atoms with Crippen LogP contribution in [0.4, 0.5) is 22.4 Å². The Morgan fingerprint density at radius 3 is 2.46 bits per heavy atom. The van der Waals surface area contributed by atoms with Gasteiger partial charge >= 0.3 is 12.2 Å². The fourth-order valence-electron chi connectivity index (χ4n) is 0.431. The van der Waals surface area contributed by atoms with E-state index < -0.39 is 25.2 Å². The summed E-state index contributed by atoms with van der Waals surface area (Å²) in [5, 5.41) is 1.93. The van der Waals surface area contributed by atoms with Gasteiger partial charge < -0.3 is 15.8 Å². The molecule has 1 atom stereocenters. The van der Waals surface area contributed by atoms with Gasteiger partial charge in [-0.3, -0.25) is 0 Å². The van der Waals surface area contributed by atoms with Crippen LogP contribution in [0.5, 0.6) is 0 Å². The second-order valence-corrected chi connectivity index (χ2v) is 2.02. The highest BCUT2D eigenvalue weighted by atomic mass is 19.4. The standard InChI is InChI=1S/C5H8F4N2O2/c6-3(5(7,8)9)13-2-1-11-4(10)12/h3H,1-2H2,(H3,10,11,12). The number of ether oxygens (including phenoxy) is 1. The van der Waals surface area contributed by atoms with E-state index in [0.29, 0.717) is 0 Å². The monoisotopic (exact) mass is 204 g/mol. The zero-order valence-corrected chi connectivity index (χ0v) is 6.40. The number of halogens is 4. The maximum atomic E-state index is 11.9. The number of primary amides is 1. The molecule has 1 unspecified atom stereocenters. The van der Waals surface area contributed by atoms with Gasteiger partial charge in [-0.25, -0.2) is 9.18 Å². The Hall–Kier alpha value is -1.05. The lowest BCUT2D eigenvalue weighted by Crippen LogP contribution is -2.35. The number of hydrogen-bond donors (Lipinski definition) is 2. The average molecular weight is 204 g/mol. The van der Waals surface area contributed by atoms with Crippen LogP contribution in [0, 0.1) is 0 Å². The minimum atomic E-state index is -5.03. The van der Waals surface area contributed by atoms with Gasteiger partial charge in [-0.05, 0) is 0 Å². The molecule has 4 nitrogen and oxygen atoms in total. The molecule has 0 aromatic rings. The zero-order chi connectivity index (χ0) is 10.5. The van der Waals surface area contributed by atoms with Crippen molar-refractivity contribution in [3.05, 3.63) is 0 Å². The first kappa shape index (κ1) is 11.9. The summed E-state index contributed by atoms with van der Waals surface area (Å²) in [6.07, 6.45) is -8.37. The van der Waals surface area contributed by atoms with E-state index in [1.54, 1.807) is 0 Å². The maximum Gasteiger partial charge on any atom is 0.445 e. The smallest absolute Gasteiger partial charge is 0.352 e. The molecule has 0 fully saturated rings. The van der Waals surface area contributed by atoms with E-state index in [2.05, 4.69) is 10.5 Å². The van der Waals surface area contributed by atoms with Crippen molar-refractivity contribution in [3.8, 4) is 0 Å². The van der Waals surface area contributed by atoms with E-state index in [4.69, 9.17) is 0 Å². The number of nitrogens with one attached hydrogen (secondary N) is 1. The van der Waals surface area contributed by atoms with Gasteiger partial charge in [-0.15, -0.1) is 0 Å². The topological polar surface area (TPSA) is 64.4 Å². The number of alkyl halides is 4. The Morgan fingerprint density at radius 2 is 2.08 bits per heavy atom. The van der Waals surface area contributed by atoms with E-state index in [1.807, 2.05) is 5.32 Å². The number of nitrogens with two attached hydrogens (primary N) is 1. The lowest BCUT2D eigenvalue weighted by molar-refractivity contribution is -0.263. The minimum Gasteiger partial charge on any atom is -0.352 e. The summed E-state index contributed by atoms with van der Waals surface area (Å²) in [5.74, 6) is 0. The molecule has 8 heteroatoms. The second kappa shape index (κ2) is 4.85. The molecule has 0 aliphatic heterocycles. The molecule has 0 aromatic heterocycles. The summed E-state index contributed by atoms with van der Waals surface area (Å²) in [6.45, 7) is -0.866. The van der Waals surface area contributed by atoms with Crippen molar-refractivity contribution in [1.29, 1.82) is 0 Å². The van der Waals surface area contributed by atoms with Crippen LogP contribution in [-0.2, 0) is 4.74 Å². The van der Waals surface area contributed by atoms with Crippen molar-refractivity contribution in [2.45, 2.75) is 12.5 Å². The van der Waals surface area contributed by atoms with E-state index in [-0.39, 0.29) is 6.54 Å². The van der Waals surface area contributed by atoms with E-state index in [1.165, 1.54) is 0 Å². The SMILES string of the molecule is NC(=O)NCCOC(F)C(F)(F)F. The molecule has 0 radical (unpaired) electrons. The van der Waals surface area contributed by atoms with Gasteiger partial charge in [0.15, 0.2) is 0 Å². The predicted octanol–water partition coefficient (Wildman–Crippen LogP) is 0.529. The van der Waals surface area contributed by atoms with E-state index >= 15 is 0 Å². The first-order chi connectivity index (χ1) is 5.84. The Morgan fingerprint density at radius 1 is 1.54 bits per heavy atom. The fourth-order valence-corrected chi connectivity index (χ4v) is 0.431. The molecule has 0 bridgehead atoms. The maximum absolute atomic E-state index is 11.9. The number of carbonyl (C=O) groups is 1. The summed E-state index contributed by atoms with van der Waals surface area (Å²) in [7, 11) is 0. The fraction of sp³-hybridized carbons (Fsp3) is 0.800. The molecule has 0 aliphatic carbocycles. The molecule has 0 heterocycles. The third kappa shape index (κ3) is 6.14. The molecular weight excluding hydrogens is 196 g/mol. The Labute approximate surface area is 71.0 Å². The molecule has 78 valence electrons. The highest BCUT2D eigenvalue weighted by Gasteiger charge is 2.41. The lowest BCUT2D eigenvalue weighted by Gasteiger charge is -2.12. The first-order valence-electron chi connectivity index (χ1n) is 3.19. The van der Waals surface area contributed by atoms with Crippen molar-refractivity contribution < 1.29 is 27.1 Å². The molecule has 0 aliphatic rings. The average Bonchev–Trinajstić information content (AvgIpc) is 1.95. The van der Waals surface area contributed by atoms with Crippen LogP contribution in [0.1, 0.15) is 0 Å². The van der Waals surface area contributed by atoms with Gasteiger partial charge in [-0.1, -0.05) is 0 Å². The summed E-state index contributed by atoms with van der Waals surface area (Å²) in [6, 6.07) is -0.911. The van der Waals surface area contributed by atoms with Gasteiger partial charge in [0.2, 0.25) is 0 Å². The summed E-state index contributed by atoms with van der Waals surface area (Å²) in [4.78, 5) is 9.98. The number of urea groups is 1. The molecule has 0 rings (SSSR count). The highest BCUT2D eigenvalue weighted by molar-refractivity contribution is 5.71. The normalized spacial score (nSPS) is 13.8. The molecule has 0 aromatic carbocycles. The van der Waals surface area contributed by atoms with Crippen LogP contribution in [0.25, 0.3) is 0 Å². The van der Waals surface area contributed by atoms with Crippen molar-refractivity contribution in [2.75, 3.05) is 13.2 Å². The second-order valence-electron chi connectivity index (χ2n) is 2.02. The van der Waals surface area contributed by atoms with Gasteiger partial charge in [0.1, 0.15) is 0 Å². The van der Waals surface area contributed by atoms with Gasteiger partial charge in [0, 0.05) is 6.54 Å². The quantitative estimate of drug-likeness (QED) is 0.518. The van der Waals surface area contributed by atoms with Crippen molar-refractivity contribution in [1.82, 2.24) is 5.32 Å². The number of carbonyl (C=O) groups excluding carboxylic acids is 1. The Balaban J connectivity index is 3.49. The van der Waals surface area contributed by atoms with Crippen LogP contribution in [0.2, 0.25) is 0 Å². The lowest BCUT2D eigenvalue weighted by atomic mass is 10.6. The molecule has 2 amide bonds. The van der Waals surface area contributed by atoms with Crippen LogP contribution in [-0.4, -0.2) is 31.7 Å². The third-order valence-corrected chi connectivity index (χ3v) is 0.923. The van der Waals surface area contributed by atoms with Crippen LogP contribution in [0.3, 0.4) is 0 Å². The number of rotatable bonds is 4. The van der Waals surface area contributed by atoms with Crippen molar-refractivity contribution >= 4 is 6.03 Å². The van der Waals surface area contributed by atoms with Crippen LogP contribution >= 0.6 is 0 Å². The van der Waals surface area contributed by atoms with E-state index in [0.717, 1.165) is 0 Å². The summed E-state index contributed by atoms with van der Waals surface area (Å²) >= 11 is 0. The Kier molecular flexibility index (Phi) is 4.46. The third-order valence-electron chi connectivity index (χ3n) is 0.923. The van der Waals surface area contributed by atoms with Gasteiger partial charge in [0.25, 0.3) is 6.36 Å². The minimum absolute atomic E-state index is 0.272. The molecule has 0 spiro atoms. The van der Waals surface area contributed by atoms with Crippen LogP contribution in [0.15, 0.2) is 0 Å². The first-order valence-corrected chi connectivity index (χ1v) is 3.19. The molecule has 0 saturated carbocycles. The van der Waals surface area contributed by atoms with Crippen LogP contribution < -0.4 is 11.1 Å². The largest absolute Gasteiger partial charge is 0.445 e. The van der Waals surface area contributed by atoms with Crippen molar-refractivity contribution in [2.24, 2.45) is 5.73 Å². The zero-order valence-electron chi connectivity index (χ0n) is 6.40. The summed E-state index contributed by atoms with van der Waals surface area (Å²) < 4.78 is 49.9. The molecule has 3 N–H and O–H groups in total.